The van der Waals surface area contributed by atoms with Crippen molar-refractivity contribution >= 4 is 5.71 Å². The first kappa shape index (κ1) is 12.6. The Balaban J connectivity index is 3.22. The lowest BCUT2D eigenvalue weighted by atomic mass is 9.91. The molecular weight excluding hydrogens is 162 g/mol. The second-order valence-electron chi connectivity index (χ2n) is 4.67. The maximum atomic E-state index is 7.37. The minimum Gasteiger partial charge on any atom is -0.376 e. The summed E-state index contributed by atoms with van der Waals surface area (Å²) in [6.07, 6.45) is 3.09. The number of rotatable bonds is 6. The molecule has 0 spiro atoms. The van der Waals surface area contributed by atoms with Crippen LogP contribution in [0, 0.1) is 10.8 Å². The summed E-state index contributed by atoms with van der Waals surface area (Å²) >= 11 is 0. The number of hydrogen-bond acceptors (Lipinski definition) is 2. The van der Waals surface area contributed by atoms with Crippen molar-refractivity contribution in [1.29, 1.82) is 5.41 Å². The predicted molar refractivity (Wildman–Crippen MR) is 57.5 cm³/mol. The first-order valence-electron chi connectivity index (χ1n) is 5.10. The van der Waals surface area contributed by atoms with Crippen LogP contribution in [0.4, 0.5) is 0 Å². The second kappa shape index (κ2) is 6.14. The van der Waals surface area contributed by atoms with Gasteiger partial charge in [0.25, 0.3) is 0 Å². The van der Waals surface area contributed by atoms with Crippen LogP contribution in [-0.2, 0) is 4.74 Å². The zero-order valence-corrected chi connectivity index (χ0v) is 9.44. The summed E-state index contributed by atoms with van der Waals surface area (Å²) in [7, 11) is 0. The summed E-state index contributed by atoms with van der Waals surface area (Å²) in [5.41, 5.74) is 1.09. The minimum atomic E-state index is 0.404. The van der Waals surface area contributed by atoms with Gasteiger partial charge in [-0.05, 0) is 24.7 Å². The van der Waals surface area contributed by atoms with Crippen LogP contribution in [0.25, 0.3) is 0 Å². The standard InChI is InChI=1S/C11H23NO/c1-5-10(12)9-13-8-6-7-11(2,3)4/h12H,5-9H2,1-4H3. The Morgan fingerprint density at radius 3 is 2.38 bits per heavy atom. The Labute approximate surface area is 82.2 Å². The zero-order chi connectivity index (χ0) is 10.3. The maximum absolute atomic E-state index is 7.37. The van der Waals surface area contributed by atoms with Crippen LogP contribution in [0.1, 0.15) is 47.0 Å². The smallest absolute Gasteiger partial charge is 0.0841 e. The molecule has 0 bridgehead atoms. The van der Waals surface area contributed by atoms with Crippen molar-refractivity contribution in [2.75, 3.05) is 13.2 Å². The van der Waals surface area contributed by atoms with E-state index >= 15 is 0 Å². The lowest BCUT2D eigenvalue weighted by Crippen LogP contribution is -2.10. The highest BCUT2D eigenvalue weighted by molar-refractivity contribution is 5.82. The molecule has 2 heteroatoms. The fraction of sp³-hybridized carbons (Fsp3) is 0.909. The van der Waals surface area contributed by atoms with Crippen LogP contribution < -0.4 is 0 Å². The predicted octanol–water partition coefficient (Wildman–Crippen LogP) is 3.26. The summed E-state index contributed by atoms with van der Waals surface area (Å²) in [5.74, 6) is 0. The lowest BCUT2D eigenvalue weighted by Gasteiger charge is -2.17. The van der Waals surface area contributed by atoms with E-state index in [9.17, 15) is 0 Å². The van der Waals surface area contributed by atoms with Crippen LogP contribution in [0.5, 0.6) is 0 Å². The Kier molecular flexibility index (Phi) is 5.97. The third-order valence-electron chi connectivity index (χ3n) is 1.92. The van der Waals surface area contributed by atoms with Gasteiger partial charge in [0.15, 0.2) is 0 Å². The monoisotopic (exact) mass is 185 g/mol. The van der Waals surface area contributed by atoms with Gasteiger partial charge in [0, 0.05) is 12.3 Å². The summed E-state index contributed by atoms with van der Waals surface area (Å²) in [5, 5.41) is 7.37. The van der Waals surface area contributed by atoms with Gasteiger partial charge < -0.3 is 10.1 Å². The SMILES string of the molecule is CCC(=N)COCCCC(C)(C)C. The van der Waals surface area contributed by atoms with Gasteiger partial charge in [-0.15, -0.1) is 0 Å². The van der Waals surface area contributed by atoms with Gasteiger partial charge in [0.2, 0.25) is 0 Å². The molecule has 0 radical (unpaired) electrons. The fourth-order valence-corrected chi connectivity index (χ4v) is 1.00. The molecule has 0 aliphatic carbocycles. The van der Waals surface area contributed by atoms with E-state index < -0.39 is 0 Å². The minimum absolute atomic E-state index is 0.404. The van der Waals surface area contributed by atoms with Crippen molar-refractivity contribution < 1.29 is 4.74 Å². The first-order valence-corrected chi connectivity index (χ1v) is 5.10. The van der Waals surface area contributed by atoms with Crippen molar-refractivity contribution in [3.8, 4) is 0 Å². The molecule has 2 nitrogen and oxygen atoms in total. The molecule has 0 saturated heterocycles. The average molecular weight is 185 g/mol. The van der Waals surface area contributed by atoms with Gasteiger partial charge in [-0.3, -0.25) is 0 Å². The second-order valence-corrected chi connectivity index (χ2v) is 4.67. The molecule has 0 heterocycles. The molecule has 0 amide bonds. The van der Waals surface area contributed by atoms with E-state index in [4.69, 9.17) is 10.1 Å². The summed E-state index contributed by atoms with van der Waals surface area (Å²) in [6.45, 7) is 10.0. The van der Waals surface area contributed by atoms with E-state index in [1.165, 1.54) is 6.42 Å². The van der Waals surface area contributed by atoms with E-state index in [1.54, 1.807) is 0 Å². The molecule has 0 aromatic heterocycles. The topological polar surface area (TPSA) is 33.1 Å². The molecule has 0 rings (SSSR count). The molecular formula is C11H23NO. The molecule has 0 aromatic rings. The Hall–Kier alpha value is -0.370. The number of nitrogens with one attached hydrogen (secondary N) is 1. The van der Waals surface area contributed by atoms with E-state index in [2.05, 4.69) is 20.8 Å². The van der Waals surface area contributed by atoms with Crippen LogP contribution >= 0.6 is 0 Å². The van der Waals surface area contributed by atoms with Crippen LogP contribution in [0.2, 0.25) is 0 Å². The van der Waals surface area contributed by atoms with E-state index in [0.717, 1.165) is 19.4 Å². The van der Waals surface area contributed by atoms with Crippen LogP contribution in [0.3, 0.4) is 0 Å². The fourth-order valence-electron chi connectivity index (χ4n) is 1.00. The van der Waals surface area contributed by atoms with Gasteiger partial charge in [0.05, 0.1) is 6.61 Å². The lowest BCUT2D eigenvalue weighted by molar-refractivity contribution is 0.154. The van der Waals surface area contributed by atoms with Gasteiger partial charge in [-0.2, -0.15) is 0 Å². The Morgan fingerprint density at radius 1 is 1.31 bits per heavy atom. The molecule has 0 aliphatic rings. The molecule has 0 aliphatic heterocycles. The van der Waals surface area contributed by atoms with Gasteiger partial charge >= 0.3 is 0 Å². The van der Waals surface area contributed by atoms with Gasteiger partial charge in [-0.1, -0.05) is 27.7 Å². The molecule has 0 saturated carbocycles. The van der Waals surface area contributed by atoms with E-state index in [-0.39, 0.29) is 0 Å². The van der Waals surface area contributed by atoms with E-state index in [1.807, 2.05) is 6.92 Å². The van der Waals surface area contributed by atoms with Crippen molar-refractivity contribution in [1.82, 2.24) is 0 Å². The highest BCUT2D eigenvalue weighted by Gasteiger charge is 2.08. The molecule has 0 unspecified atom stereocenters. The van der Waals surface area contributed by atoms with Crippen LogP contribution in [-0.4, -0.2) is 18.9 Å². The molecule has 1 N–H and O–H groups in total. The molecule has 78 valence electrons. The van der Waals surface area contributed by atoms with Crippen molar-refractivity contribution in [3.05, 3.63) is 0 Å². The van der Waals surface area contributed by atoms with Gasteiger partial charge in [0.1, 0.15) is 0 Å². The number of hydrogen-bond donors (Lipinski definition) is 1. The molecule has 0 atom stereocenters. The van der Waals surface area contributed by atoms with Crippen molar-refractivity contribution in [2.24, 2.45) is 5.41 Å². The first-order chi connectivity index (χ1) is 5.95. The third kappa shape index (κ3) is 9.54. The Morgan fingerprint density at radius 2 is 1.92 bits per heavy atom. The van der Waals surface area contributed by atoms with E-state index in [0.29, 0.717) is 17.7 Å². The third-order valence-corrected chi connectivity index (χ3v) is 1.92. The van der Waals surface area contributed by atoms with Crippen LogP contribution in [0.15, 0.2) is 0 Å². The van der Waals surface area contributed by atoms with Crippen molar-refractivity contribution in [2.45, 2.75) is 47.0 Å². The zero-order valence-electron chi connectivity index (χ0n) is 9.44. The highest BCUT2D eigenvalue weighted by Crippen LogP contribution is 2.20. The molecule has 0 aromatic carbocycles. The maximum Gasteiger partial charge on any atom is 0.0841 e. The van der Waals surface area contributed by atoms with Gasteiger partial charge in [-0.25, -0.2) is 0 Å². The quantitative estimate of drug-likeness (QED) is 0.500. The largest absolute Gasteiger partial charge is 0.376 e. The normalized spacial score (nSPS) is 11.7. The highest BCUT2D eigenvalue weighted by atomic mass is 16.5. The molecule has 0 fully saturated rings. The van der Waals surface area contributed by atoms with Crippen molar-refractivity contribution in [3.63, 3.8) is 0 Å². The summed E-state index contributed by atoms with van der Waals surface area (Å²) in [6, 6.07) is 0. The Bertz CT molecular complexity index is 147. The average Bonchev–Trinajstić information content (AvgIpc) is 2.01. The number of ether oxygens (including phenoxy) is 1. The summed E-state index contributed by atoms with van der Waals surface area (Å²) < 4.78 is 5.36. The molecule has 13 heavy (non-hydrogen) atoms. The summed E-state index contributed by atoms with van der Waals surface area (Å²) in [4.78, 5) is 0.